The Labute approximate surface area is 143 Å². The van der Waals surface area contributed by atoms with E-state index in [1.165, 1.54) is 0 Å². The Kier molecular flexibility index (Phi) is 5.85. The molecule has 1 aliphatic heterocycles. The van der Waals surface area contributed by atoms with Crippen molar-refractivity contribution in [2.24, 2.45) is 5.92 Å². The predicted molar refractivity (Wildman–Crippen MR) is 96.1 cm³/mol. The first-order valence-corrected chi connectivity index (χ1v) is 8.57. The summed E-state index contributed by atoms with van der Waals surface area (Å²) >= 11 is 0. The van der Waals surface area contributed by atoms with Crippen LogP contribution in [0.4, 0.5) is 5.69 Å². The minimum absolute atomic E-state index is 0.0849. The molecule has 0 radical (unpaired) electrons. The molecule has 1 atom stereocenters. The SMILES string of the molecule is O=C(CC1CCCNC1)Nc1ccc(OCc2ccccc2)cc1. The molecule has 2 N–H and O–H groups in total. The summed E-state index contributed by atoms with van der Waals surface area (Å²) in [5.41, 5.74) is 1.95. The summed E-state index contributed by atoms with van der Waals surface area (Å²) in [5, 5.41) is 6.31. The highest BCUT2D eigenvalue weighted by Crippen LogP contribution is 2.19. The third-order valence-corrected chi connectivity index (χ3v) is 4.26. The maximum absolute atomic E-state index is 12.1. The maximum Gasteiger partial charge on any atom is 0.224 e. The van der Waals surface area contributed by atoms with E-state index in [1.807, 2.05) is 54.6 Å². The van der Waals surface area contributed by atoms with Gasteiger partial charge in [-0.05, 0) is 61.7 Å². The van der Waals surface area contributed by atoms with Crippen LogP contribution in [0.5, 0.6) is 5.75 Å². The minimum Gasteiger partial charge on any atom is -0.489 e. The second-order valence-corrected chi connectivity index (χ2v) is 6.26. The second-order valence-electron chi connectivity index (χ2n) is 6.26. The van der Waals surface area contributed by atoms with Gasteiger partial charge in [0, 0.05) is 12.1 Å². The summed E-state index contributed by atoms with van der Waals surface area (Å²) in [6, 6.07) is 17.6. The van der Waals surface area contributed by atoms with Crippen LogP contribution >= 0.6 is 0 Å². The minimum atomic E-state index is 0.0849. The van der Waals surface area contributed by atoms with Crippen LogP contribution in [0.2, 0.25) is 0 Å². The van der Waals surface area contributed by atoms with Gasteiger partial charge < -0.3 is 15.4 Å². The van der Waals surface area contributed by atoms with Crippen LogP contribution in [-0.2, 0) is 11.4 Å². The molecule has 0 spiro atoms. The van der Waals surface area contributed by atoms with Crippen LogP contribution in [0.3, 0.4) is 0 Å². The van der Waals surface area contributed by atoms with Gasteiger partial charge in [-0.15, -0.1) is 0 Å². The number of amides is 1. The summed E-state index contributed by atoms with van der Waals surface area (Å²) in [7, 11) is 0. The van der Waals surface area contributed by atoms with Crippen LogP contribution in [0.1, 0.15) is 24.8 Å². The average Bonchev–Trinajstić information content (AvgIpc) is 2.63. The Balaban J connectivity index is 1.46. The average molecular weight is 324 g/mol. The number of hydrogen-bond acceptors (Lipinski definition) is 3. The van der Waals surface area contributed by atoms with Gasteiger partial charge in [0.15, 0.2) is 0 Å². The van der Waals surface area contributed by atoms with Gasteiger partial charge in [0.2, 0.25) is 5.91 Å². The lowest BCUT2D eigenvalue weighted by Crippen LogP contribution is -2.32. The van der Waals surface area contributed by atoms with Gasteiger partial charge in [-0.1, -0.05) is 30.3 Å². The smallest absolute Gasteiger partial charge is 0.224 e. The number of benzene rings is 2. The first-order chi connectivity index (χ1) is 11.8. The zero-order valence-electron chi connectivity index (χ0n) is 13.8. The number of carbonyl (C=O) groups is 1. The van der Waals surface area contributed by atoms with Gasteiger partial charge in [-0.25, -0.2) is 0 Å². The fraction of sp³-hybridized carbons (Fsp3) is 0.350. The van der Waals surface area contributed by atoms with Gasteiger partial charge in [-0.3, -0.25) is 4.79 Å². The molecule has 1 aliphatic rings. The zero-order chi connectivity index (χ0) is 16.6. The van der Waals surface area contributed by atoms with Gasteiger partial charge >= 0.3 is 0 Å². The van der Waals surface area contributed by atoms with E-state index in [4.69, 9.17) is 4.74 Å². The molecule has 1 heterocycles. The zero-order valence-corrected chi connectivity index (χ0v) is 13.8. The number of ether oxygens (including phenoxy) is 1. The molecule has 0 aliphatic carbocycles. The van der Waals surface area contributed by atoms with Crippen LogP contribution in [0.25, 0.3) is 0 Å². The van der Waals surface area contributed by atoms with E-state index in [2.05, 4.69) is 10.6 Å². The monoisotopic (exact) mass is 324 g/mol. The number of hydrogen-bond donors (Lipinski definition) is 2. The molecule has 2 aromatic carbocycles. The number of nitrogens with one attached hydrogen (secondary N) is 2. The standard InChI is InChI=1S/C20H24N2O2/c23-20(13-17-7-4-12-21-14-17)22-18-8-10-19(11-9-18)24-15-16-5-2-1-3-6-16/h1-3,5-6,8-11,17,21H,4,7,12-15H2,(H,22,23). The van der Waals surface area contributed by atoms with E-state index in [0.717, 1.165) is 42.9 Å². The highest BCUT2D eigenvalue weighted by Gasteiger charge is 2.16. The number of anilines is 1. The molecule has 1 unspecified atom stereocenters. The Bertz CT molecular complexity index is 634. The van der Waals surface area contributed by atoms with Crippen molar-refractivity contribution < 1.29 is 9.53 Å². The van der Waals surface area contributed by atoms with E-state index < -0.39 is 0 Å². The Hall–Kier alpha value is -2.33. The molecule has 4 nitrogen and oxygen atoms in total. The molecule has 0 bridgehead atoms. The summed E-state index contributed by atoms with van der Waals surface area (Å²) in [4.78, 5) is 12.1. The Morgan fingerprint density at radius 1 is 1.12 bits per heavy atom. The Morgan fingerprint density at radius 3 is 2.62 bits per heavy atom. The van der Waals surface area contributed by atoms with E-state index in [0.29, 0.717) is 18.9 Å². The molecular formula is C20H24N2O2. The molecule has 3 rings (SSSR count). The number of carbonyl (C=O) groups excluding carboxylic acids is 1. The van der Waals surface area contributed by atoms with Crippen molar-refractivity contribution in [1.29, 1.82) is 0 Å². The number of rotatable bonds is 6. The van der Waals surface area contributed by atoms with Crippen molar-refractivity contribution in [3.05, 3.63) is 60.2 Å². The molecular weight excluding hydrogens is 300 g/mol. The summed E-state index contributed by atoms with van der Waals surface area (Å²) < 4.78 is 5.75. The van der Waals surface area contributed by atoms with Crippen molar-refractivity contribution in [3.63, 3.8) is 0 Å². The van der Waals surface area contributed by atoms with Crippen molar-refractivity contribution >= 4 is 11.6 Å². The number of piperidine rings is 1. The van der Waals surface area contributed by atoms with Crippen LogP contribution < -0.4 is 15.4 Å². The second kappa shape index (κ2) is 8.50. The maximum atomic E-state index is 12.1. The summed E-state index contributed by atoms with van der Waals surface area (Å²) in [6.07, 6.45) is 2.87. The molecule has 1 saturated heterocycles. The van der Waals surface area contributed by atoms with E-state index in [9.17, 15) is 4.79 Å². The van der Waals surface area contributed by atoms with Crippen molar-refractivity contribution in [3.8, 4) is 5.75 Å². The molecule has 4 heteroatoms. The first kappa shape index (κ1) is 16.5. The quantitative estimate of drug-likeness (QED) is 0.854. The summed E-state index contributed by atoms with van der Waals surface area (Å²) in [5.74, 6) is 1.34. The molecule has 1 fully saturated rings. The van der Waals surface area contributed by atoms with Crippen molar-refractivity contribution in [1.82, 2.24) is 5.32 Å². The highest BCUT2D eigenvalue weighted by molar-refractivity contribution is 5.90. The lowest BCUT2D eigenvalue weighted by Gasteiger charge is -2.22. The fourth-order valence-corrected chi connectivity index (χ4v) is 2.95. The van der Waals surface area contributed by atoms with Crippen LogP contribution in [0, 0.1) is 5.92 Å². The lowest BCUT2D eigenvalue weighted by molar-refractivity contribution is -0.117. The molecule has 0 aromatic heterocycles. The molecule has 24 heavy (non-hydrogen) atoms. The van der Waals surface area contributed by atoms with Crippen LogP contribution in [0.15, 0.2) is 54.6 Å². The fourth-order valence-electron chi connectivity index (χ4n) is 2.95. The normalized spacial score (nSPS) is 17.2. The third kappa shape index (κ3) is 5.10. The van der Waals surface area contributed by atoms with Crippen LogP contribution in [-0.4, -0.2) is 19.0 Å². The van der Waals surface area contributed by atoms with Gasteiger partial charge in [0.1, 0.15) is 12.4 Å². The molecule has 0 saturated carbocycles. The van der Waals surface area contributed by atoms with E-state index in [1.54, 1.807) is 0 Å². The summed E-state index contributed by atoms with van der Waals surface area (Å²) in [6.45, 7) is 2.56. The Morgan fingerprint density at radius 2 is 1.92 bits per heavy atom. The van der Waals surface area contributed by atoms with Gasteiger partial charge in [-0.2, -0.15) is 0 Å². The largest absolute Gasteiger partial charge is 0.489 e. The molecule has 2 aromatic rings. The highest BCUT2D eigenvalue weighted by atomic mass is 16.5. The van der Waals surface area contributed by atoms with Gasteiger partial charge in [0.05, 0.1) is 0 Å². The van der Waals surface area contributed by atoms with E-state index >= 15 is 0 Å². The predicted octanol–water partition coefficient (Wildman–Crippen LogP) is 3.59. The van der Waals surface area contributed by atoms with Crippen molar-refractivity contribution in [2.45, 2.75) is 25.9 Å². The molecule has 1 amide bonds. The van der Waals surface area contributed by atoms with Crippen molar-refractivity contribution in [2.75, 3.05) is 18.4 Å². The van der Waals surface area contributed by atoms with Gasteiger partial charge in [0.25, 0.3) is 0 Å². The topological polar surface area (TPSA) is 50.4 Å². The lowest BCUT2D eigenvalue weighted by atomic mass is 9.96. The van der Waals surface area contributed by atoms with E-state index in [-0.39, 0.29) is 5.91 Å². The first-order valence-electron chi connectivity index (χ1n) is 8.57. The third-order valence-electron chi connectivity index (χ3n) is 4.26. The molecule has 126 valence electrons.